The summed E-state index contributed by atoms with van der Waals surface area (Å²) in [5, 5.41) is 10.1. The number of hydrogen-bond donors (Lipinski definition) is 3. The molecule has 1 aromatic carbocycles. The summed E-state index contributed by atoms with van der Waals surface area (Å²) in [6, 6.07) is 11.5. The van der Waals surface area contributed by atoms with Gasteiger partial charge in [-0.05, 0) is 43.2 Å². The molecule has 0 saturated carbocycles. The van der Waals surface area contributed by atoms with E-state index in [1.165, 1.54) is 0 Å². The molecule has 0 bridgehead atoms. The lowest BCUT2D eigenvalue weighted by Gasteiger charge is -2.20. The van der Waals surface area contributed by atoms with Gasteiger partial charge in [0.1, 0.15) is 5.82 Å². The van der Waals surface area contributed by atoms with Crippen LogP contribution in [0.3, 0.4) is 0 Å². The molecule has 1 aliphatic heterocycles. The van der Waals surface area contributed by atoms with Crippen molar-refractivity contribution in [3.8, 4) is 0 Å². The Morgan fingerprint density at radius 1 is 1.31 bits per heavy atom. The fraction of sp³-hybridized carbons (Fsp3) is 0.381. The van der Waals surface area contributed by atoms with Crippen LogP contribution in [0.25, 0.3) is 0 Å². The van der Waals surface area contributed by atoms with Crippen LogP contribution in [0.2, 0.25) is 5.02 Å². The first-order valence-electron chi connectivity index (χ1n) is 9.82. The van der Waals surface area contributed by atoms with Gasteiger partial charge in [0.25, 0.3) is 5.91 Å². The zero-order chi connectivity index (χ0) is 20.6. The molecular formula is C21H27ClN6O. The lowest BCUT2D eigenvalue weighted by atomic mass is 10.1. The van der Waals surface area contributed by atoms with Crippen LogP contribution in [0, 0.1) is 0 Å². The predicted octanol–water partition coefficient (Wildman–Crippen LogP) is 2.43. The summed E-state index contributed by atoms with van der Waals surface area (Å²) >= 11 is 6.28. The highest BCUT2D eigenvalue weighted by atomic mass is 35.5. The number of pyridine rings is 1. The molecule has 1 aliphatic rings. The van der Waals surface area contributed by atoms with Crippen LogP contribution in [-0.2, 0) is 6.54 Å². The van der Waals surface area contributed by atoms with Gasteiger partial charge in [0.05, 0.1) is 11.6 Å². The van der Waals surface area contributed by atoms with Crippen molar-refractivity contribution >= 4 is 29.3 Å². The van der Waals surface area contributed by atoms with Gasteiger partial charge in [-0.15, -0.1) is 0 Å². The first kappa shape index (κ1) is 20.9. The topological polar surface area (TPSA) is 81.6 Å². The number of guanidine groups is 1. The second-order valence-corrected chi connectivity index (χ2v) is 7.26. The first-order valence-corrected chi connectivity index (χ1v) is 10.2. The molecule has 29 heavy (non-hydrogen) atoms. The van der Waals surface area contributed by atoms with E-state index in [1.807, 2.05) is 43.3 Å². The van der Waals surface area contributed by atoms with Crippen molar-refractivity contribution < 1.29 is 4.79 Å². The van der Waals surface area contributed by atoms with Gasteiger partial charge >= 0.3 is 0 Å². The molecule has 1 amide bonds. The molecule has 154 valence electrons. The summed E-state index contributed by atoms with van der Waals surface area (Å²) in [6.45, 7) is 5.08. The minimum atomic E-state index is -0.0890. The highest BCUT2D eigenvalue weighted by Gasteiger charge is 2.25. The van der Waals surface area contributed by atoms with Gasteiger partial charge in [0.2, 0.25) is 0 Å². The van der Waals surface area contributed by atoms with Crippen LogP contribution in [0.5, 0.6) is 0 Å². The summed E-state index contributed by atoms with van der Waals surface area (Å²) < 4.78 is 0. The van der Waals surface area contributed by atoms with Crippen LogP contribution >= 0.6 is 11.6 Å². The highest BCUT2D eigenvalue weighted by molar-refractivity contribution is 6.32. The lowest BCUT2D eigenvalue weighted by Crippen LogP contribution is -2.44. The number of amides is 1. The molecule has 2 aromatic rings. The van der Waals surface area contributed by atoms with Crippen LogP contribution < -0.4 is 20.9 Å². The van der Waals surface area contributed by atoms with Gasteiger partial charge in [-0.25, -0.2) is 9.98 Å². The van der Waals surface area contributed by atoms with Crippen molar-refractivity contribution in [1.82, 2.24) is 20.9 Å². The molecular weight excluding hydrogens is 388 g/mol. The number of benzene rings is 1. The number of carbonyl (C=O) groups is 1. The lowest BCUT2D eigenvalue weighted by molar-refractivity contribution is 0.0963. The standard InChI is InChI=1S/C21H27ClN6O/c1-3-24-21(26-13-15-6-8-16(9-7-15)20(29)23-2)27-17-10-12-28(14-17)19-18(22)5-4-11-25-19/h4-9,11,17H,3,10,12-14H2,1-2H3,(H,23,29)(H2,24,26,27). The molecule has 0 aliphatic carbocycles. The van der Waals surface area contributed by atoms with E-state index in [-0.39, 0.29) is 11.9 Å². The van der Waals surface area contributed by atoms with Crippen LogP contribution in [0.1, 0.15) is 29.3 Å². The Balaban J connectivity index is 1.60. The molecule has 2 heterocycles. The maximum atomic E-state index is 11.6. The van der Waals surface area contributed by atoms with E-state index in [2.05, 4.69) is 25.8 Å². The molecule has 1 atom stereocenters. The third-order valence-electron chi connectivity index (χ3n) is 4.77. The smallest absolute Gasteiger partial charge is 0.251 e. The average molecular weight is 415 g/mol. The quantitative estimate of drug-likeness (QED) is 0.499. The normalized spacial score (nSPS) is 16.6. The summed E-state index contributed by atoms with van der Waals surface area (Å²) in [4.78, 5) is 22.9. The van der Waals surface area contributed by atoms with Gasteiger partial charge in [-0.1, -0.05) is 23.7 Å². The SMILES string of the molecule is CCNC(=NCc1ccc(C(=O)NC)cc1)NC1CCN(c2ncccc2Cl)C1. The Hall–Kier alpha value is -2.80. The third-order valence-corrected chi connectivity index (χ3v) is 5.07. The molecule has 7 nitrogen and oxygen atoms in total. The van der Waals surface area contributed by atoms with Crippen molar-refractivity contribution in [1.29, 1.82) is 0 Å². The number of hydrogen-bond acceptors (Lipinski definition) is 4. The van der Waals surface area contributed by atoms with Crippen LogP contribution in [-0.4, -0.2) is 49.6 Å². The molecule has 1 aromatic heterocycles. The van der Waals surface area contributed by atoms with Crippen LogP contribution in [0.15, 0.2) is 47.6 Å². The van der Waals surface area contributed by atoms with Gasteiger partial charge < -0.3 is 20.9 Å². The summed E-state index contributed by atoms with van der Waals surface area (Å²) in [5.74, 6) is 1.52. The molecule has 0 radical (unpaired) electrons. The Bertz CT molecular complexity index is 855. The van der Waals surface area contributed by atoms with E-state index >= 15 is 0 Å². The fourth-order valence-electron chi connectivity index (χ4n) is 3.27. The third kappa shape index (κ3) is 5.60. The number of nitrogens with zero attached hydrogens (tertiary/aromatic N) is 3. The molecule has 1 fully saturated rings. The summed E-state index contributed by atoms with van der Waals surface area (Å²) in [7, 11) is 1.63. The predicted molar refractivity (Wildman–Crippen MR) is 118 cm³/mol. The largest absolute Gasteiger partial charge is 0.357 e. The number of aliphatic imine (C=N–C) groups is 1. The minimum Gasteiger partial charge on any atom is -0.357 e. The number of rotatable bonds is 6. The number of carbonyl (C=O) groups excluding carboxylic acids is 1. The van der Waals surface area contributed by atoms with Crippen LogP contribution in [0.4, 0.5) is 5.82 Å². The second kappa shape index (κ2) is 10.1. The molecule has 8 heteroatoms. The van der Waals surface area contributed by atoms with Gasteiger partial charge in [0.15, 0.2) is 5.96 Å². The van der Waals surface area contributed by atoms with Crippen molar-refractivity contribution in [2.24, 2.45) is 4.99 Å². The van der Waals surface area contributed by atoms with Gasteiger partial charge in [-0.2, -0.15) is 0 Å². The van der Waals surface area contributed by atoms with Gasteiger partial charge in [-0.3, -0.25) is 4.79 Å². The monoisotopic (exact) mass is 414 g/mol. The maximum absolute atomic E-state index is 11.6. The van der Waals surface area contributed by atoms with E-state index in [1.54, 1.807) is 13.2 Å². The number of nitrogens with one attached hydrogen (secondary N) is 3. The van der Waals surface area contributed by atoms with Crippen molar-refractivity contribution in [2.75, 3.05) is 31.6 Å². The zero-order valence-corrected chi connectivity index (χ0v) is 17.5. The van der Waals surface area contributed by atoms with Crippen molar-refractivity contribution in [3.63, 3.8) is 0 Å². The van der Waals surface area contributed by atoms with Crippen molar-refractivity contribution in [2.45, 2.75) is 25.9 Å². The molecule has 0 spiro atoms. The van der Waals surface area contributed by atoms with E-state index in [4.69, 9.17) is 16.6 Å². The summed E-state index contributed by atoms with van der Waals surface area (Å²) in [5.41, 5.74) is 1.69. The maximum Gasteiger partial charge on any atom is 0.251 e. The minimum absolute atomic E-state index is 0.0890. The van der Waals surface area contributed by atoms with Gasteiger partial charge in [0, 0.05) is 44.5 Å². The van der Waals surface area contributed by atoms with Crippen molar-refractivity contribution in [3.05, 3.63) is 58.7 Å². The second-order valence-electron chi connectivity index (χ2n) is 6.86. The molecule has 1 saturated heterocycles. The average Bonchev–Trinajstić information content (AvgIpc) is 3.20. The zero-order valence-electron chi connectivity index (χ0n) is 16.8. The highest BCUT2D eigenvalue weighted by Crippen LogP contribution is 2.25. The van der Waals surface area contributed by atoms with E-state index in [9.17, 15) is 4.79 Å². The Morgan fingerprint density at radius 2 is 2.10 bits per heavy atom. The Morgan fingerprint density at radius 3 is 2.79 bits per heavy atom. The Kier molecular flexibility index (Phi) is 7.30. The molecule has 1 unspecified atom stereocenters. The number of halogens is 1. The molecule has 3 rings (SSSR count). The number of anilines is 1. The van der Waals surface area contributed by atoms with E-state index < -0.39 is 0 Å². The Labute approximate surface area is 176 Å². The summed E-state index contributed by atoms with van der Waals surface area (Å²) in [6.07, 6.45) is 2.75. The fourth-order valence-corrected chi connectivity index (χ4v) is 3.51. The number of aromatic nitrogens is 1. The first-order chi connectivity index (χ1) is 14.1. The molecule has 3 N–H and O–H groups in total. The van der Waals surface area contributed by atoms with E-state index in [0.717, 1.165) is 43.4 Å². The van der Waals surface area contributed by atoms with E-state index in [0.29, 0.717) is 17.1 Å².